The molecule has 1 atom stereocenters. The number of carbonyl (C=O) groups excluding carboxylic acids is 5. The average Bonchev–Trinajstić information content (AvgIpc) is 3.19. The Balaban J connectivity index is 2.90. The largest absolute Gasteiger partial charge is 0.465 e. The van der Waals surface area contributed by atoms with E-state index in [4.69, 9.17) is 28.4 Å². The Morgan fingerprint density at radius 2 is 1.14 bits per heavy atom. The van der Waals surface area contributed by atoms with Crippen LogP contribution in [0.4, 0.5) is 25.0 Å². The summed E-state index contributed by atoms with van der Waals surface area (Å²) in [6, 6.07) is 0. The topological polar surface area (TPSA) is 177 Å². The van der Waals surface area contributed by atoms with Gasteiger partial charge in [-0.25, -0.2) is 29.1 Å². The van der Waals surface area contributed by atoms with Gasteiger partial charge in [0.2, 0.25) is 5.96 Å². The van der Waals surface area contributed by atoms with E-state index >= 15 is 0 Å². The van der Waals surface area contributed by atoms with Gasteiger partial charge in [0.05, 0.1) is 24.3 Å². The summed E-state index contributed by atoms with van der Waals surface area (Å²) in [5.74, 6) is -0.790. The summed E-state index contributed by atoms with van der Waals surface area (Å²) in [5.41, 5.74) is -4.21. The van der Waals surface area contributed by atoms with Crippen molar-refractivity contribution in [2.45, 2.75) is 158 Å². The average molecular weight is 724 g/mol. The molecule has 2 rings (SSSR count). The molecule has 2 heterocycles. The molecule has 16 heteroatoms. The molecule has 16 nitrogen and oxygen atoms in total. The van der Waals surface area contributed by atoms with Gasteiger partial charge in [0.15, 0.2) is 6.23 Å². The van der Waals surface area contributed by atoms with Gasteiger partial charge in [-0.1, -0.05) is 0 Å². The molecule has 0 spiro atoms. The number of esters is 1. The van der Waals surface area contributed by atoms with Crippen LogP contribution in [0.2, 0.25) is 0 Å². The van der Waals surface area contributed by atoms with Gasteiger partial charge in [0.1, 0.15) is 34.8 Å². The molecule has 1 aliphatic heterocycles. The lowest BCUT2D eigenvalue weighted by molar-refractivity contribution is -0.143. The Morgan fingerprint density at radius 3 is 1.53 bits per heavy atom. The van der Waals surface area contributed by atoms with E-state index in [1.807, 2.05) is 0 Å². The number of anilines is 1. The molecule has 0 radical (unpaired) electrons. The van der Waals surface area contributed by atoms with Crippen molar-refractivity contribution in [3.8, 4) is 0 Å². The second kappa shape index (κ2) is 15.5. The van der Waals surface area contributed by atoms with Crippen molar-refractivity contribution in [1.82, 2.24) is 14.4 Å². The normalized spacial score (nSPS) is 15.1. The van der Waals surface area contributed by atoms with Gasteiger partial charge in [0.25, 0.3) is 0 Å². The Kier molecular flexibility index (Phi) is 13.0. The molecule has 0 aliphatic carbocycles. The number of guanidine groups is 1. The molecule has 1 aromatic heterocycles. The summed E-state index contributed by atoms with van der Waals surface area (Å²) in [5, 5.41) is 2.99. The highest BCUT2D eigenvalue weighted by atomic mass is 16.6. The molecule has 288 valence electrons. The van der Waals surface area contributed by atoms with Crippen LogP contribution in [0.5, 0.6) is 0 Å². The van der Waals surface area contributed by atoms with Crippen LogP contribution in [0.1, 0.15) is 128 Å². The maximum Gasteiger partial charge on any atom is 0.427 e. The molecular weight excluding hydrogens is 666 g/mol. The van der Waals surface area contributed by atoms with Crippen molar-refractivity contribution >= 4 is 42.1 Å². The van der Waals surface area contributed by atoms with E-state index in [0.29, 0.717) is 16.0 Å². The second-order valence-corrected chi connectivity index (χ2v) is 16.9. The number of aromatic nitrogens is 1. The highest BCUT2D eigenvalue weighted by molar-refractivity contribution is 6.13. The lowest BCUT2D eigenvalue weighted by Gasteiger charge is -2.34. The molecule has 1 aliphatic rings. The van der Waals surface area contributed by atoms with E-state index in [-0.39, 0.29) is 24.9 Å². The van der Waals surface area contributed by atoms with E-state index in [0.717, 1.165) is 4.90 Å². The SMILES string of the molecule is CCOC(=O)Cn1cc(CN(C(=O)OC(C)(C)C)C(=O)OC(C)(C)C)c2c1NC(N(C(=O)OC(C)(C)C)C(=O)OC(C)(C)C)=NC2OC(C)(C)C. The standard InChI is InChI=1S/C35H57N5O11/c1-17-46-22(41)20-38-18-21(19-39(27(42)48-32(5,6)7)28(43)49-33(8,9)10)23-24(38)36-26(37-25(23)47-31(2,3)4)40(29(44)50-34(11,12)13)30(45)51-35(14,15)16/h18,25H,17,19-20H2,1-16H3,(H,36,37). The molecule has 0 bridgehead atoms. The first-order chi connectivity index (χ1) is 22.9. The van der Waals surface area contributed by atoms with Crippen LogP contribution in [0.25, 0.3) is 0 Å². The molecule has 1 N–H and O–H groups in total. The summed E-state index contributed by atoms with van der Waals surface area (Å²) < 4.78 is 35.3. The molecule has 0 aromatic carbocycles. The molecule has 4 amide bonds. The van der Waals surface area contributed by atoms with E-state index in [2.05, 4.69) is 10.3 Å². The van der Waals surface area contributed by atoms with E-state index in [1.165, 1.54) is 10.8 Å². The fraction of sp³-hybridized carbons (Fsp3) is 0.714. The first-order valence-electron chi connectivity index (χ1n) is 16.8. The van der Waals surface area contributed by atoms with Crippen molar-refractivity contribution in [2.24, 2.45) is 4.99 Å². The van der Waals surface area contributed by atoms with Crippen molar-refractivity contribution in [3.05, 3.63) is 17.3 Å². The number of hydrogen-bond acceptors (Lipinski definition) is 13. The number of rotatable bonds is 6. The van der Waals surface area contributed by atoms with E-state index in [9.17, 15) is 24.0 Å². The first kappa shape index (κ1) is 42.8. The van der Waals surface area contributed by atoms with Crippen LogP contribution >= 0.6 is 0 Å². The molecule has 0 fully saturated rings. The molecule has 1 unspecified atom stereocenters. The first-order valence-corrected chi connectivity index (χ1v) is 16.8. The number of carbonyl (C=O) groups is 5. The van der Waals surface area contributed by atoms with Gasteiger partial charge >= 0.3 is 30.3 Å². The molecule has 51 heavy (non-hydrogen) atoms. The third kappa shape index (κ3) is 13.7. The van der Waals surface area contributed by atoms with Crippen LogP contribution in [-0.2, 0) is 46.3 Å². The Hall–Kier alpha value is -4.34. The minimum atomic E-state index is -1.26. The molecule has 0 saturated heterocycles. The predicted octanol–water partition coefficient (Wildman–Crippen LogP) is 7.49. The lowest BCUT2D eigenvalue weighted by Crippen LogP contribution is -2.50. The number of amides is 4. The zero-order valence-electron chi connectivity index (χ0n) is 33.1. The number of ether oxygens (including phenoxy) is 6. The second-order valence-electron chi connectivity index (χ2n) is 16.9. The highest BCUT2D eigenvalue weighted by Crippen LogP contribution is 2.39. The monoisotopic (exact) mass is 723 g/mol. The predicted molar refractivity (Wildman–Crippen MR) is 188 cm³/mol. The van der Waals surface area contributed by atoms with Crippen molar-refractivity contribution in [2.75, 3.05) is 11.9 Å². The van der Waals surface area contributed by atoms with Gasteiger partial charge in [-0.05, 0) is 116 Å². The zero-order valence-corrected chi connectivity index (χ0v) is 33.1. The number of aliphatic imine (C=N–C) groups is 1. The Labute approximate surface area is 301 Å². The van der Waals surface area contributed by atoms with Gasteiger partial charge in [0, 0.05) is 6.20 Å². The number of nitrogens with zero attached hydrogens (tertiary/aromatic N) is 4. The Bertz CT molecular complexity index is 1440. The van der Waals surface area contributed by atoms with Crippen molar-refractivity contribution in [1.29, 1.82) is 0 Å². The van der Waals surface area contributed by atoms with Crippen molar-refractivity contribution in [3.63, 3.8) is 0 Å². The number of imide groups is 2. The van der Waals surface area contributed by atoms with Crippen molar-refractivity contribution < 1.29 is 52.4 Å². The van der Waals surface area contributed by atoms with E-state index in [1.54, 1.807) is 111 Å². The third-order valence-corrected chi connectivity index (χ3v) is 5.91. The molecular formula is C35H57N5O11. The maximum atomic E-state index is 13.6. The minimum Gasteiger partial charge on any atom is -0.465 e. The van der Waals surface area contributed by atoms with E-state index < -0.39 is 71.1 Å². The molecule has 0 saturated carbocycles. The lowest BCUT2D eigenvalue weighted by atomic mass is 10.1. The fourth-order valence-electron chi connectivity index (χ4n) is 4.36. The minimum absolute atomic E-state index is 0.0984. The Morgan fingerprint density at radius 1 is 0.706 bits per heavy atom. The number of nitrogens with one attached hydrogen (secondary N) is 1. The smallest absolute Gasteiger partial charge is 0.427 e. The molecule has 1 aromatic rings. The summed E-state index contributed by atoms with van der Waals surface area (Å²) in [6.07, 6.45) is -3.89. The third-order valence-electron chi connectivity index (χ3n) is 5.91. The fourth-order valence-corrected chi connectivity index (χ4v) is 4.36. The van der Waals surface area contributed by atoms with Gasteiger partial charge in [-0.3, -0.25) is 4.79 Å². The quantitative estimate of drug-likeness (QED) is 0.226. The zero-order chi connectivity index (χ0) is 39.5. The highest BCUT2D eigenvalue weighted by Gasteiger charge is 2.42. The van der Waals surface area contributed by atoms with Crippen LogP contribution in [0, 0.1) is 0 Å². The summed E-state index contributed by atoms with van der Waals surface area (Å²) in [6.45, 7) is 26.1. The van der Waals surface area contributed by atoms with Crippen LogP contribution in [0.15, 0.2) is 11.2 Å². The van der Waals surface area contributed by atoms with Crippen LogP contribution in [0.3, 0.4) is 0 Å². The maximum absolute atomic E-state index is 13.6. The number of fused-ring (bicyclic) bond motifs is 1. The van der Waals surface area contributed by atoms with Crippen LogP contribution in [-0.4, -0.2) is 85.3 Å². The van der Waals surface area contributed by atoms with Gasteiger partial charge in [-0.15, -0.1) is 4.90 Å². The van der Waals surface area contributed by atoms with Gasteiger partial charge < -0.3 is 38.3 Å². The summed E-state index contributed by atoms with van der Waals surface area (Å²) >= 11 is 0. The summed E-state index contributed by atoms with van der Waals surface area (Å²) in [4.78, 5) is 73.1. The number of hydrogen-bond donors (Lipinski definition) is 1. The summed E-state index contributed by atoms with van der Waals surface area (Å²) in [7, 11) is 0. The van der Waals surface area contributed by atoms with Gasteiger partial charge in [-0.2, -0.15) is 0 Å². The van der Waals surface area contributed by atoms with Crippen LogP contribution < -0.4 is 5.32 Å².